The molecule has 1 atom stereocenters. The first kappa shape index (κ1) is 10.7. The van der Waals surface area contributed by atoms with E-state index in [1.807, 2.05) is 24.3 Å². The standard InChI is InChI=1S/C12H14BrNO/c1-7(2)12(14)11-6-8-5-9(13)3-4-10(8)15-11/h3-7,12H,14H2,1-2H3/t12-/m1/s1. The molecule has 0 amide bonds. The number of furan rings is 1. The van der Waals surface area contributed by atoms with E-state index in [1.165, 1.54) is 0 Å². The summed E-state index contributed by atoms with van der Waals surface area (Å²) in [6.07, 6.45) is 0. The van der Waals surface area contributed by atoms with Crippen LogP contribution in [0.2, 0.25) is 0 Å². The number of halogens is 1. The van der Waals surface area contributed by atoms with Gasteiger partial charge in [-0.05, 0) is 30.2 Å². The zero-order chi connectivity index (χ0) is 11.0. The Balaban J connectivity index is 2.47. The predicted molar refractivity (Wildman–Crippen MR) is 65.7 cm³/mol. The van der Waals surface area contributed by atoms with Crippen molar-refractivity contribution < 1.29 is 4.42 Å². The highest BCUT2D eigenvalue weighted by atomic mass is 79.9. The number of fused-ring (bicyclic) bond motifs is 1. The maximum atomic E-state index is 6.03. The highest BCUT2D eigenvalue weighted by Crippen LogP contribution is 2.28. The summed E-state index contributed by atoms with van der Waals surface area (Å²) in [4.78, 5) is 0. The van der Waals surface area contributed by atoms with Gasteiger partial charge in [-0.1, -0.05) is 29.8 Å². The van der Waals surface area contributed by atoms with Crippen LogP contribution in [0.1, 0.15) is 25.6 Å². The predicted octanol–water partition coefficient (Wildman–Crippen LogP) is 3.85. The minimum atomic E-state index is -0.0313. The number of hydrogen-bond donors (Lipinski definition) is 1. The van der Waals surface area contributed by atoms with Crippen molar-refractivity contribution in [3.63, 3.8) is 0 Å². The lowest BCUT2D eigenvalue weighted by atomic mass is 10.0. The molecule has 1 aromatic heterocycles. The molecule has 1 heterocycles. The Bertz CT molecular complexity index is 475. The van der Waals surface area contributed by atoms with Gasteiger partial charge in [0.25, 0.3) is 0 Å². The molecule has 0 aliphatic heterocycles. The van der Waals surface area contributed by atoms with E-state index in [4.69, 9.17) is 10.2 Å². The summed E-state index contributed by atoms with van der Waals surface area (Å²) in [6, 6.07) is 7.95. The van der Waals surface area contributed by atoms with Crippen molar-refractivity contribution in [2.75, 3.05) is 0 Å². The van der Waals surface area contributed by atoms with Crippen LogP contribution in [0.4, 0.5) is 0 Å². The van der Waals surface area contributed by atoms with Gasteiger partial charge in [-0.2, -0.15) is 0 Å². The van der Waals surface area contributed by atoms with E-state index in [1.54, 1.807) is 0 Å². The lowest BCUT2D eigenvalue weighted by Gasteiger charge is -2.11. The summed E-state index contributed by atoms with van der Waals surface area (Å²) in [5.41, 5.74) is 6.93. The van der Waals surface area contributed by atoms with Gasteiger partial charge in [0.05, 0.1) is 6.04 Å². The van der Waals surface area contributed by atoms with Crippen LogP contribution < -0.4 is 5.73 Å². The Morgan fingerprint density at radius 1 is 1.27 bits per heavy atom. The van der Waals surface area contributed by atoms with Crippen molar-refractivity contribution in [1.29, 1.82) is 0 Å². The van der Waals surface area contributed by atoms with E-state index in [2.05, 4.69) is 29.8 Å². The molecular formula is C12H14BrNO. The Kier molecular flexibility index (Phi) is 2.85. The summed E-state index contributed by atoms with van der Waals surface area (Å²) in [7, 11) is 0. The van der Waals surface area contributed by atoms with E-state index < -0.39 is 0 Å². The van der Waals surface area contributed by atoms with Crippen molar-refractivity contribution in [1.82, 2.24) is 0 Å². The van der Waals surface area contributed by atoms with Crippen LogP contribution >= 0.6 is 15.9 Å². The summed E-state index contributed by atoms with van der Waals surface area (Å²) in [5.74, 6) is 1.24. The quantitative estimate of drug-likeness (QED) is 0.898. The topological polar surface area (TPSA) is 39.2 Å². The van der Waals surface area contributed by atoms with Crippen LogP contribution in [-0.2, 0) is 0 Å². The van der Waals surface area contributed by atoms with Crippen molar-refractivity contribution in [3.8, 4) is 0 Å². The van der Waals surface area contributed by atoms with Gasteiger partial charge in [-0.25, -0.2) is 0 Å². The van der Waals surface area contributed by atoms with Gasteiger partial charge in [0, 0.05) is 9.86 Å². The minimum absolute atomic E-state index is 0.0313. The fraction of sp³-hybridized carbons (Fsp3) is 0.333. The van der Waals surface area contributed by atoms with Crippen LogP contribution in [0.5, 0.6) is 0 Å². The molecule has 0 saturated carbocycles. The molecule has 80 valence electrons. The average Bonchev–Trinajstić information content (AvgIpc) is 2.58. The highest BCUT2D eigenvalue weighted by Gasteiger charge is 2.15. The van der Waals surface area contributed by atoms with E-state index >= 15 is 0 Å². The summed E-state index contributed by atoms with van der Waals surface area (Å²) >= 11 is 3.43. The Hall–Kier alpha value is -0.800. The molecule has 2 aromatic rings. The molecule has 0 saturated heterocycles. The first-order valence-corrected chi connectivity index (χ1v) is 5.82. The molecule has 0 aliphatic rings. The molecular weight excluding hydrogens is 254 g/mol. The number of nitrogens with two attached hydrogens (primary N) is 1. The van der Waals surface area contributed by atoms with Gasteiger partial charge in [-0.15, -0.1) is 0 Å². The molecule has 0 unspecified atom stereocenters. The maximum Gasteiger partial charge on any atom is 0.134 e. The maximum absolute atomic E-state index is 6.03. The molecule has 0 radical (unpaired) electrons. The fourth-order valence-electron chi connectivity index (χ4n) is 1.53. The van der Waals surface area contributed by atoms with Gasteiger partial charge < -0.3 is 10.2 Å². The normalized spacial score (nSPS) is 13.7. The van der Waals surface area contributed by atoms with E-state index in [0.717, 1.165) is 21.2 Å². The van der Waals surface area contributed by atoms with Gasteiger partial charge in [-0.3, -0.25) is 0 Å². The highest BCUT2D eigenvalue weighted by molar-refractivity contribution is 9.10. The van der Waals surface area contributed by atoms with E-state index in [9.17, 15) is 0 Å². The largest absolute Gasteiger partial charge is 0.459 e. The second-order valence-corrected chi connectivity index (χ2v) is 5.02. The van der Waals surface area contributed by atoms with Crippen LogP contribution in [-0.4, -0.2) is 0 Å². The molecule has 2 nitrogen and oxygen atoms in total. The lowest BCUT2D eigenvalue weighted by molar-refractivity contribution is 0.418. The Morgan fingerprint density at radius 3 is 2.67 bits per heavy atom. The average molecular weight is 268 g/mol. The number of benzene rings is 1. The summed E-state index contributed by atoms with van der Waals surface area (Å²) < 4.78 is 6.76. The van der Waals surface area contributed by atoms with Gasteiger partial charge >= 0.3 is 0 Å². The monoisotopic (exact) mass is 267 g/mol. The van der Waals surface area contributed by atoms with E-state index in [0.29, 0.717) is 5.92 Å². The molecule has 0 bridgehead atoms. The van der Waals surface area contributed by atoms with E-state index in [-0.39, 0.29) is 6.04 Å². The SMILES string of the molecule is CC(C)[C@@H](N)c1cc2cc(Br)ccc2o1. The van der Waals surface area contributed by atoms with Crippen molar-refractivity contribution >= 4 is 26.9 Å². The molecule has 0 spiro atoms. The Labute approximate surface area is 97.6 Å². The third-order valence-electron chi connectivity index (χ3n) is 2.54. The second-order valence-electron chi connectivity index (χ2n) is 4.10. The first-order valence-electron chi connectivity index (χ1n) is 5.02. The van der Waals surface area contributed by atoms with Gasteiger partial charge in [0.1, 0.15) is 11.3 Å². The molecule has 0 aliphatic carbocycles. The molecule has 15 heavy (non-hydrogen) atoms. The minimum Gasteiger partial charge on any atom is -0.459 e. The summed E-state index contributed by atoms with van der Waals surface area (Å²) in [5, 5.41) is 1.09. The van der Waals surface area contributed by atoms with Gasteiger partial charge in [0.15, 0.2) is 0 Å². The molecule has 2 N–H and O–H groups in total. The van der Waals surface area contributed by atoms with Crippen LogP contribution in [0.3, 0.4) is 0 Å². The molecule has 3 heteroatoms. The number of hydrogen-bond acceptors (Lipinski definition) is 2. The first-order chi connectivity index (χ1) is 7.08. The van der Waals surface area contributed by atoms with Crippen molar-refractivity contribution in [2.45, 2.75) is 19.9 Å². The van der Waals surface area contributed by atoms with Crippen LogP contribution in [0.25, 0.3) is 11.0 Å². The Morgan fingerprint density at radius 2 is 2.00 bits per heavy atom. The third kappa shape index (κ3) is 2.08. The molecule has 2 rings (SSSR count). The van der Waals surface area contributed by atoms with Crippen LogP contribution in [0, 0.1) is 5.92 Å². The fourth-order valence-corrected chi connectivity index (χ4v) is 1.91. The second kappa shape index (κ2) is 3.99. The van der Waals surface area contributed by atoms with Gasteiger partial charge in [0.2, 0.25) is 0 Å². The van der Waals surface area contributed by atoms with Crippen molar-refractivity contribution in [3.05, 3.63) is 34.5 Å². The number of rotatable bonds is 2. The summed E-state index contributed by atoms with van der Waals surface area (Å²) in [6.45, 7) is 4.18. The molecule has 0 fully saturated rings. The van der Waals surface area contributed by atoms with Crippen molar-refractivity contribution in [2.24, 2.45) is 11.7 Å². The lowest BCUT2D eigenvalue weighted by Crippen LogP contribution is -2.15. The zero-order valence-corrected chi connectivity index (χ0v) is 10.4. The zero-order valence-electron chi connectivity index (χ0n) is 8.83. The molecule has 1 aromatic carbocycles. The smallest absolute Gasteiger partial charge is 0.134 e. The van der Waals surface area contributed by atoms with Crippen LogP contribution in [0.15, 0.2) is 33.2 Å². The third-order valence-corrected chi connectivity index (χ3v) is 3.04.